The van der Waals surface area contributed by atoms with E-state index in [1.807, 2.05) is 0 Å². The van der Waals surface area contributed by atoms with E-state index in [1.165, 1.54) is 0 Å². The van der Waals surface area contributed by atoms with E-state index >= 15 is 0 Å². The van der Waals surface area contributed by atoms with Gasteiger partial charge in [0.1, 0.15) is 7.85 Å². The van der Waals surface area contributed by atoms with Gasteiger partial charge in [-0.1, -0.05) is 19.7 Å². The van der Waals surface area contributed by atoms with Crippen LogP contribution in [0.25, 0.3) is 0 Å². The van der Waals surface area contributed by atoms with Crippen molar-refractivity contribution < 1.29 is 0 Å². The topological polar surface area (TPSA) is 26.0 Å². The van der Waals surface area contributed by atoms with Gasteiger partial charge in [0.2, 0.25) is 0 Å². The van der Waals surface area contributed by atoms with Gasteiger partial charge in [0.05, 0.1) is 0 Å². The van der Waals surface area contributed by atoms with Crippen molar-refractivity contribution in [1.29, 1.82) is 0 Å². The molecule has 0 saturated heterocycles. The van der Waals surface area contributed by atoms with E-state index in [0.717, 1.165) is 30.1 Å². The molecule has 0 amide bonds. The molecule has 0 aromatic carbocycles. The number of rotatable bonds is 2. The van der Waals surface area contributed by atoms with Crippen molar-refractivity contribution in [2.24, 2.45) is 23.5 Å². The summed E-state index contributed by atoms with van der Waals surface area (Å²) >= 11 is 0. The maximum Gasteiger partial charge on any atom is 0.105 e. The van der Waals surface area contributed by atoms with Crippen LogP contribution < -0.4 is 5.73 Å². The van der Waals surface area contributed by atoms with Gasteiger partial charge in [-0.05, 0) is 24.3 Å². The Morgan fingerprint density at radius 1 is 1.67 bits per heavy atom. The molecule has 1 nitrogen and oxygen atoms in total. The first-order valence-electron chi connectivity index (χ1n) is 3.88. The fourth-order valence-corrected chi connectivity index (χ4v) is 2.05. The van der Waals surface area contributed by atoms with Crippen LogP contribution in [-0.4, -0.2) is 14.4 Å². The van der Waals surface area contributed by atoms with Gasteiger partial charge in [0.25, 0.3) is 0 Å². The molecule has 2 N–H and O–H groups in total. The van der Waals surface area contributed by atoms with E-state index < -0.39 is 0 Å². The summed E-state index contributed by atoms with van der Waals surface area (Å²) in [7, 11) is 2.29. The zero-order valence-electron chi connectivity index (χ0n) is 6.59. The van der Waals surface area contributed by atoms with Crippen LogP contribution >= 0.6 is 0 Å². The van der Waals surface area contributed by atoms with Crippen LogP contribution in [0.3, 0.4) is 0 Å². The highest BCUT2D eigenvalue weighted by Crippen LogP contribution is 2.51. The zero-order valence-corrected chi connectivity index (χ0v) is 6.59. The fraction of sp³-hybridized carbons (Fsp3) is 1.00. The van der Waals surface area contributed by atoms with Gasteiger partial charge in [-0.3, -0.25) is 0 Å². The summed E-state index contributed by atoms with van der Waals surface area (Å²) in [4.78, 5) is 0. The molecule has 0 bridgehead atoms. The molecular formula is C7H16BN. The fourth-order valence-electron chi connectivity index (χ4n) is 2.05. The van der Waals surface area contributed by atoms with E-state index in [1.54, 1.807) is 0 Å². The van der Waals surface area contributed by atoms with E-state index in [9.17, 15) is 0 Å². The van der Waals surface area contributed by atoms with E-state index in [4.69, 9.17) is 5.73 Å². The summed E-state index contributed by atoms with van der Waals surface area (Å²) in [6, 6.07) is 0. The Morgan fingerprint density at radius 3 is 2.33 bits per heavy atom. The Hall–Kier alpha value is 0.0249. The first-order valence-corrected chi connectivity index (χ1v) is 3.88. The summed E-state index contributed by atoms with van der Waals surface area (Å²) in [5, 5.41) is 0. The predicted molar refractivity (Wildman–Crippen MR) is 43.2 cm³/mol. The lowest BCUT2D eigenvalue weighted by molar-refractivity contribution is 0.684. The Morgan fingerprint density at radius 2 is 2.22 bits per heavy atom. The summed E-state index contributed by atoms with van der Waals surface area (Å²) in [6.07, 6.45) is 0. The second-order valence-electron chi connectivity index (χ2n) is 3.58. The minimum atomic E-state index is 0.838. The summed E-state index contributed by atoms with van der Waals surface area (Å²) < 4.78 is 0. The quantitative estimate of drug-likeness (QED) is 0.526. The molecule has 1 fully saturated rings. The molecule has 0 radical (unpaired) electrons. The van der Waals surface area contributed by atoms with Crippen molar-refractivity contribution in [3.05, 3.63) is 0 Å². The lowest BCUT2D eigenvalue weighted by Gasteiger charge is -1.99. The molecule has 1 aliphatic rings. The summed E-state index contributed by atoms with van der Waals surface area (Å²) in [5.41, 5.74) is 5.55. The van der Waals surface area contributed by atoms with Crippen molar-refractivity contribution in [2.45, 2.75) is 19.7 Å². The third-order valence-electron chi connectivity index (χ3n) is 2.68. The van der Waals surface area contributed by atoms with E-state index in [2.05, 4.69) is 21.7 Å². The van der Waals surface area contributed by atoms with Crippen LogP contribution in [0.1, 0.15) is 13.8 Å². The van der Waals surface area contributed by atoms with Crippen molar-refractivity contribution >= 4 is 7.85 Å². The number of nitrogens with two attached hydrogens (primary N) is 1. The predicted octanol–water partition coefficient (Wildman–Crippen LogP) is 0.269. The zero-order chi connectivity index (χ0) is 7.02. The largest absolute Gasteiger partial charge is 0.330 e. The smallest absolute Gasteiger partial charge is 0.105 e. The monoisotopic (exact) mass is 125 g/mol. The van der Waals surface area contributed by atoms with Crippen LogP contribution in [0.2, 0.25) is 5.82 Å². The van der Waals surface area contributed by atoms with Gasteiger partial charge in [-0.25, -0.2) is 0 Å². The molecule has 0 aromatic heterocycles. The molecule has 1 rings (SSSR count). The molecule has 3 unspecified atom stereocenters. The molecule has 1 saturated carbocycles. The van der Waals surface area contributed by atoms with Gasteiger partial charge in [-0.15, -0.1) is 0 Å². The van der Waals surface area contributed by atoms with E-state index in [-0.39, 0.29) is 0 Å². The van der Waals surface area contributed by atoms with Gasteiger partial charge in [-0.2, -0.15) is 0 Å². The molecule has 0 aliphatic heterocycles. The molecule has 0 aromatic rings. The molecule has 4 atom stereocenters. The normalized spacial score (nSPS) is 44.6. The highest BCUT2D eigenvalue weighted by molar-refractivity contribution is 6.11. The molecule has 9 heavy (non-hydrogen) atoms. The minimum Gasteiger partial charge on any atom is -0.330 e. The molecule has 52 valence electrons. The van der Waals surface area contributed by atoms with Gasteiger partial charge >= 0.3 is 0 Å². The van der Waals surface area contributed by atoms with E-state index in [0.29, 0.717) is 0 Å². The van der Waals surface area contributed by atoms with Crippen LogP contribution in [-0.2, 0) is 0 Å². The molecule has 0 spiro atoms. The van der Waals surface area contributed by atoms with Crippen molar-refractivity contribution in [1.82, 2.24) is 0 Å². The number of hydrogen-bond acceptors (Lipinski definition) is 1. The Balaban J connectivity index is 2.33. The van der Waals surface area contributed by atoms with Crippen molar-refractivity contribution in [3.8, 4) is 0 Å². The Labute approximate surface area is 58.4 Å². The van der Waals surface area contributed by atoms with Crippen LogP contribution in [0.5, 0.6) is 0 Å². The minimum absolute atomic E-state index is 0.838. The summed E-state index contributed by atoms with van der Waals surface area (Å²) in [5.74, 6) is 3.50. The van der Waals surface area contributed by atoms with Gasteiger partial charge < -0.3 is 5.73 Å². The average molecular weight is 125 g/mol. The maximum atomic E-state index is 5.55. The van der Waals surface area contributed by atoms with Gasteiger partial charge in [0.15, 0.2) is 0 Å². The lowest BCUT2D eigenvalue weighted by Crippen LogP contribution is -2.04. The van der Waals surface area contributed by atoms with Crippen LogP contribution in [0.15, 0.2) is 0 Å². The van der Waals surface area contributed by atoms with Crippen LogP contribution in [0.4, 0.5) is 0 Å². The first kappa shape index (κ1) is 7.14. The molecule has 1 aliphatic carbocycles. The van der Waals surface area contributed by atoms with Crippen molar-refractivity contribution in [3.63, 3.8) is 0 Å². The highest BCUT2D eigenvalue weighted by Gasteiger charge is 2.46. The Bertz CT molecular complexity index is 103. The molecular weight excluding hydrogens is 109 g/mol. The Kier molecular flexibility index (Phi) is 1.85. The lowest BCUT2D eigenvalue weighted by atomic mass is 9.83. The van der Waals surface area contributed by atoms with Crippen molar-refractivity contribution in [2.75, 3.05) is 6.54 Å². The third kappa shape index (κ3) is 1.13. The number of hydrogen-bond donors (Lipinski definition) is 1. The second kappa shape index (κ2) is 2.33. The van der Waals surface area contributed by atoms with Crippen LogP contribution in [0, 0.1) is 17.8 Å². The maximum absolute atomic E-state index is 5.55. The SMILES string of the molecule is BC(C)C1C(C)[C@@H]1CN. The molecule has 0 heterocycles. The first-order chi connectivity index (χ1) is 4.18. The standard InChI is InChI=1S/C7H16BN/c1-4-6(3-9)7(4)5(2)8/h4-7H,3,8-9H2,1-2H3/t4?,5?,6-,7?/m0/s1. The summed E-state index contributed by atoms with van der Waals surface area (Å²) in [6.45, 7) is 5.49. The second-order valence-corrected chi connectivity index (χ2v) is 3.58. The third-order valence-corrected chi connectivity index (χ3v) is 2.68. The van der Waals surface area contributed by atoms with Gasteiger partial charge in [0, 0.05) is 0 Å². The molecule has 2 heteroatoms. The average Bonchev–Trinajstić information content (AvgIpc) is 2.40. The highest BCUT2D eigenvalue weighted by atomic mass is 14.6.